The van der Waals surface area contributed by atoms with E-state index in [9.17, 15) is 32.3 Å². The van der Waals surface area contributed by atoms with Crippen LogP contribution in [0, 0.1) is 23.3 Å². The van der Waals surface area contributed by atoms with Crippen molar-refractivity contribution >= 4 is 29.1 Å². The highest BCUT2D eigenvalue weighted by Gasteiger charge is 2.48. The molecule has 2 amide bonds. The van der Waals surface area contributed by atoms with Gasteiger partial charge in [-0.1, -0.05) is 30.7 Å². The lowest BCUT2D eigenvalue weighted by Gasteiger charge is -2.22. The maximum absolute atomic E-state index is 14.4. The van der Waals surface area contributed by atoms with Crippen LogP contribution in [-0.2, 0) is 23.5 Å². The highest BCUT2D eigenvalue weighted by Crippen LogP contribution is 2.44. The number of anilines is 1. The molecule has 182 valence electrons. The number of nitrogens with zero attached hydrogens (tertiary/aromatic N) is 1. The predicted octanol–water partition coefficient (Wildman–Crippen LogP) is 4.97. The number of carbonyl (C=O) groups is 2. The summed E-state index contributed by atoms with van der Waals surface area (Å²) in [6.45, 7) is 0.755. The van der Waals surface area contributed by atoms with Gasteiger partial charge in [-0.3, -0.25) is 9.59 Å². The SMILES string of the molecule is CCC1(O)C(=O)N(Cc2c(F)cccc2Cl)c2cc(C(=O)NCc3c(F)cc(F)cc3F)ccc21. The van der Waals surface area contributed by atoms with Crippen LogP contribution in [0.5, 0.6) is 0 Å². The Balaban J connectivity index is 1.66. The minimum absolute atomic E-state index is 0.0180. The largest absolute Gasteiger partial charge is 0.375 e. The number of hydrogen-bond donors (Lipinski definition) is 2. The first-order valence-electron chi connectivity index (χ1n) is 10.6. The van der Waals surface area contributed by atoms with Crippen molar-refractivity contribution < 1.29 is 32.3 Å². The minimum Gasteiger partial charge on any atom is -0.375 e. The molecule has 1 aliphatic heterocycles. The molecule has 1 heterocycles. The normalized spacial score (nSPS) is 17.0. The number of rotatable bonds is 6. The second kappa shape index (κ2) is 9.31. The summed E-state index contributed by atoms with van der Waals surface area (Å²) in [5.41, 5.74) is -1.96. The Kier molecular flexibility index (Phi) is 6.57. The Morgan fingerprint density at radius 3 is 2.34 bits per heavy atom. The van der Waals surface area contributed by atoms with Crippen LogP contribution in [0.2, 0.25) is 5.02 Å². The molecule has 2 N–H and O–H groups in total. The smallest absolute Gasteiger partial charge is 0.263 e. The van der Waals surface area contributed by atoms with Gasteiger partial charge in [-0.05, 0) is 30.7 Å². The van der Waals surface area contributed by atoms with Gasteiger partial charge in [0.15, 0.2) is 5.60 Å². The summed E-state index contributed by atoms with van der Waals surface area (Å²) in [6, 6.07) is 9.14. The van der Waals surface area contributed by atoms with E-state index in [1.54, 1.807) is 6.92 Å². The third-order valence-electron chi connectivity index (χ3n) is 6.02. The van der Waals surface area contributed by atoms with E-state index >= 15 is 0 Å². The van der Waals surface area contributed by atoms with Gasteiger partial charge < -0.3 is 15.3 Å². The van der Waals surface area contributed by atoms with Gasteiger partial charge in [0.25, 0.3) is 11.8 Å². The number of nitrogens with one attached hydrogen (secondary N) is 1. The van der Waals surface area contributed by atoms with Gasteiger partial charge in [-0.15, -0.1) is 0 Å². The molecule has 4 rings (SSSR count). The summed E-state index contributed by atoms with van der Waals surface area (Å²) in [4.78, 5) is 27.0. The Bertz CT molecular complexity index is 1310. The molecule has 1 aliphatic rings. The molecular formula is C25H19ClF4N2O3. The molecule has 1 atom stereocenters. The summed E-state index contributed by atoms with van der Waals surface area (Å²) >= 11 is 6.11. The van der Waals surface area contributed by atoms with Crippen molar-refractivity contribution in [1.82, 2.24) is 5.32 Å². The van der Waals surface area contributed by atoms with Gasteiger partial charge in [0.2, 0.25) is 0 Å². The van der Waals surface area contributed by atoms with Gasteiger partial charge in [0, 0.05) is 46.0 Å². The third kappa shape index (κ3) is 4.37. The van der Waals surface area contributed by atoms with Crippen molar-refractivity contribution in [3.8, 4) is 0 Å². The fourth-order valence-electron chi connectivity index (χ4n) is 4.05. The topological polar surface area (TPSA) is 69.6 Å². The first-order valence-corrected chi connectivity index (χ1v) is 11.0. The molecule has 0 radical (unpaired) electrons. The fourth-order valence-corrected chi connectivity index (χ4v) is 4.27. The van der Waals surface area contributed by atoms with E-state index in [0.717, 1.165) is 4.90 Å². The van der Waals surface area contributed by atoms with Crippen LogP contribution in [0.3, 0.4) is 0 Å². The Morgan fingerprint density at radius 1 is 1.03 bits per heavy atom. The van der Waals surface area contributed by atoms with E-state index in [4.69, 9.17) is 11.6 Å². The summed E-state index contributed by atoms with van der Waals surface area (Å²) < 4.78 is 55.3. The number of halogens is 5. The zero-order valence-corrected chi connectivity index (χ0v) is 19.1. The average Bonchev–Trinajstić information content (AvgIpc) is 3.02. The Hall–Kier alpha value is -3.43. The number of carbonyl (C=O) groups excluding carboxylic acids is 2. The Labute approximate surface area is 202 Å². The van der Waals surface area contributed by atoms with E-state index in [0.29, 0.717) is 12.1 Å². The van der Waals surface area contributed by atoms with Crippen LogP contribution in [0.15, 0.2) is 48.5 Å². The fraction of sp³-hybridized carbons (Fsp3) is 0.200. The molecule has 0 spiro atoms. The molecule has 10 heteroatoms. The second-order valence-corrected chi connectivity index (χ2v) is 8.48. The molecule has 0 bridgehead atoms. The highest BCUT2D eigenvalue weighted by atomic mass is 35.5. The maximum atomic E-state index is 14.4. The van der Waals surface area contributed by atoms with Crippen molar-refractivity contribution in [2.45, 2.75) is 32.0 Å². The zero-order valence-electron chi connectivity index (χ0n) is 18.3. The van der Waals surface area contributed by atoms with E-state index in [-0.39, 0.29) is 40.4 Å². The number of aliphatic hydroxyl groups is 1. The zero-order chi connectivity index (χ0) is 25.5. The molecule has 0 fully saturated rings. The van der Waals surface area contributed by atoms with Crippen LogP contribution in [-0.4, -0.2) is 16.9 Å². The first kappa shape index (κ1) is 24.7. The van der Waals surface area contributed by atoms with E-state index in [1.807, 2.05) is 0 Å². The molecular weight excluding hydrogens is 488 g/mol. The molecule has 35 heavy (non-hydrogen) atoms. The van der Waals surface area contributed by atoms with E-state index in [1.165, 1.54) is 36.4 Å². The number of fused-ring (bicyclic) bond motifs is 1. The van der Waals surface area contributed by atoms with E-state index < -0.39 is 52.8 Å². The molecule has 0 aliphatic carbocycles. The lowest BCUT2D eigenvalue weighted by Crippen LogP contribution is -2.39. The maximum Gasteiger partial charge on any atom is 0.263 e. The molecule has 1 unspecified atom stereocenters. The highest BCUT2D eigenvalue weighted by molar-refractivity contribution is 6.31. The summed E-state index contributed by atoms with van der Waals surface area (Å²) in [5.74, 6) is -5.47. The monoisotopic (exact) mass is 506 g/mol. The lowest BCUT2D eigenvalue weighted by atomic mass is 9.92. The van der Waals surface area contributed by atoms with Crippen LogP contribution in [0.1, 0.15) is 40.4 Å². The van der Waals surface area contributed by atoms with Gasteiger partial charge >= 0.3 is 0 Å². The first-order chi connectivity index (χ1) is 16.6. The molecule has 0 aromatic heterocycles. The number of amides is 2. The molecule has 0 saturated carbocycles. The average molecular weight is 507 g/mol. The molecule has 5 nitrogen and oxygen atoms in total. The van der Waals surface area contributed by atoms with Gasteiger partial charge in [0.1, 0.15) is 23.3 Å². The van der Waals surface area contributed by atoms with E-state index in [2.05, 4.69) is 5.32 Å². The quantitative estimate of drug-likeness (QED) is 0.464. The number of benzene rings is 3. The van der Waals surface area contributed by atoms with Crippen LogP contribution in [0.25, 0.3) is 0 Å². The summed E-state index contributed by atoms with van der Waals surface area (Å²) in [5, 5.41) is 13.5. The summed E-state index contributed by atoms with van der Waals surface area (Å²) in [7, 11) is 0. The van der Waals surface area contributed by atoms with Crippen molar-refractivity contribution in [1.29, 1.82) is 0 Å². The van der Waals surface area contributed by atoms with Crippen molar-refractivity contribution in [3.05, 3.63) is 99.1 Å². The standard InChI is InChI=1S/C25H19ClF4N2O3/c1-2-25(35)17-7-6-13(23(33)31-11-15-20(29)9-14(27)10-21(15)30)8-22(17)32(24(25)34)12-16-18(26)4-3-5-19(16)28/h3-10,35H,2,11-12H2,1H3,(H,31,33). The molecule has 3 aromatic rings. The van der Waals surface area contributed by atoms with Crippen LogP contribution < -0.4 is 10.2 Å². The van der Waals surface area contributed by atoms with Crippen molar-refractivity contribution in [2.24, 2.45) is 0 Å². The lowest BCUT2D eigenvalue weighted by molar-refractivity contribution is -0.136. The van der Waals surface area contributed by atoms with Crippen LogP contribution >= 0.6 is 11.6 Å². The van der Waals surface area contributed by atoms with Gasteiger partial charge in [0.05, 0.1) is 12.2 Å². The molecule has 0 saturated heterocycles. The third-order valence-corrected chi connectivity index (χ3v) is 6.37. The number of hydrogen-bond acceptors (Lipinski definition) is 3. The van der Waals surface area contributed by atoms with Crippen LogP contribution in [0.4, 0.5) is 23.2 Å². The van der Waals surface area contributed by atoms with Gasteiger partial charge in [-0.25, -0.2) is 17.6 Å². The summed E-state index contributed by atoms with van der Waals surface area (Å²) in [6.07, 6.45) is 0.0228. The van der Waals surface area contributed by atoms with Crippen molar-refractivity contribution in [2.75, 3.05) is 4.90 Å². The van der Waals surface area contributed by atoms with Crippen molar-refractivity contribution in [3.63, 3.8) is 0 Å². The second-order valence-electron chi connectivity index (χ2n) is 8.07. The Morgan fingerprint density at radius 2 is 1.71 bits per heavy atom. The minimum atomic E-state index is -1.89. The predicted molar refractivity (Wildman–Crippen MR) is 121 cm³/mol. The van der Waals surface area contributed by atoms with Gasteiger partial charge in [-0.2, -0.15) is 0 Å². The molecule has 3 aromatic carbocycles.